The normalized spacial score (nSPS) is 17.0. The number of aliphatic imine (C=N–C) groups is 1. The zero-order valence-electron chi connectivity index (χ0n) is 14.1. The summed E-state index contributed by atoms with van der Waals surface area (Å²) in [6.45, 7) is 2.41. The highest BCUT2D eigenvalue weighted by Crippen LogP contribution is 2.30. The molecule has 0 aliphatic carbocycles. The number of pyridine rings is 1. The van der Waals surface area contributed by atoms with Crippen molar-refractivity contribution in [3.8, 4) is 5.75 Å². The smallest absolute Gasteiger partial charge is 0.406 e. The van der Waals surface area contributed by atoms with Crippen molar-refractivity contribution >= 4 is 11.5 Å². The van der Waals surface area contributed by atoms with E-state index in [1.807, 2.05) is 12.1 Å². The van der Waals surface area contributed by atoms with Gasteiger partial charge in [0.2, 0.25) is 0 Å². The molecule has 2 aliphatic heterocycles. The molecule has 0 atom stereocenters. The van der Waals surface area contributed by atoms with Crippen LogP contribution in [0.2, 0.25) is 0 Å². The van der Waals surface area contributed by atoms with E-state index >= 15 is 0 Å². The Morgan fingerprint density at radius 1 is 1.00 bits per heavy atom. The lowest BCUT2D eigenvalue weighted by atomic mass is 10.0. The van der Waals surface area contributed by atoms with Gasteiger partial charge in [-0.05, 0) is 49.1 Å². The van der Waals surface area contributed by atoms with Crippen molar-refractivity contribution in [2.75, 3.05) is 18.0 Å². The van der Waals surface area contributed by atoms with E-state index in [-0.39, 0.29) is 5.75 Å². The summed E-state index contributed by atoms with van der Waals surface area (Å²) in [7, 11) is 0. The Kier molecular flexibility index (Phi) is 4.30. The molecule has 26 heavy (non-hydrogen) atoms. The molecular formula is C19H18F3N3O. The lowest BCUT2D eigenvalue weighted by Crippen LogP contribution is -2.30. The van der Waals surface area contributed by atoms with Crippen LogP contribution in [-0.4, -0.2) is 30.1 Å². The first kappa shape index (κ1) is 16.9. The van der Waals surface area contributed by atoms with Crippen molar-refractivity contribution in [1.29, 1.82) is 0 Å². The van der Waals surface area contributed by atoms with E-state index in [9.17, 15) is 13.2 Å². The van der Waals surface area contributed by atoms with Gasteiger partial charge in [0.05, 0.1) is 12.3 Å². The van der Waals surface area contributed by atoms with Gasteiger partial charge in [0.15, 0.2) is 0 Å². The summed E-state index contributed by atoms with van der Waals surface area (Å²) in [5.41, 5.74) is 3.13. The Morgan fingerprint density at radius 3 is 2.58 bits per heavy atom. The second kappa shape index (κ2) is 6.63. The van der Waals surface area contributed by atoms with Crippen LogP contribution in [0.5, 0.6) is 5.75 Å². The molecule has 0 unspecified atom stereocenters. The summed E-state index contributed by atoms with van der Waals surface area (Å²) >= 11 is 0. The molecule has 1 aromatic carbocycles. The van der Waals surface area contributed by atoms with Crippen molar-refractivity contribution < 1.29 is 17.9 Å². The number of hydrogen-bond acceptors (Lipinski definition) is 4. The highest BCUT2D eigenvalue weighted by Gasteiger charge is 2.32. The van der Waals surface area contributed by atoms with Crippen molar-refractivity contribution in [2.24, 2.45) is 4.99 Å². The number of aromatic nitrogens is 1. The number of fused-ring (bicyclic) bond motifs is 1. The number of rotatable bonds is 3. The molecule has 0 amide bonds. The summed E-state index contributed by atoms with van der Waals surface area (Å²) in [5.74, 6) is 0.664. The number of ether oxygens (including phenoxy) is 1. The molecule has 0 radical (unpaired) electrons. The third kappa shape index (κ3) is 3.52. The molecular weight excluding hydrogens is 343 g/mol. The molecule has 1 saturated heterocycles. The molecule has 136 valence electrons. The van der Waals surface area contributed by atoms with Crippen LogP contribution in [-0.2, 0) is 6.54 Å². The number of anilines is 1. The van der Waals surface area contributed by atoms with E-state index in [2.05, 4.69) is 19.6 Å². The minimum atomic E-state index is -4.71. The highest BCUT2D eigenvalue weighted by atomic mass is 19.4. The largest absolute Gasteiger partial charge is 0.573 e. The first-order valence-corrected chi connectivity index (χ1v) is 8.64. The second-order valence-corrected chi connectivity index (χ2v) is 6.48. The van der Waals surface area contributed by atoms with Gasteiger partial charge in [-0.25, -0.2) is 4.98 Å². The lowest BCUT2D eigenvalue weighted by Gasteiger charge is -2.27. The predicted octanol–water partition coefficient (Wildman–Crippen LogP) is 4.32. The monoisotopic (exact) mass is 361 g/mol. The summed E-state index contributed by atoms with van der Waals surface area (Å²) in [6, 6.07) is 8.20. The van der Waals surface area contributed by atoms with Gasteiger partial charge in [0, 0.05) is 30.4 Å². The molecule has 4 rings (SSSR count). The minimum absolute atomic E-state index is 0.226. The standard InChI is InChI=1S/C19H18F3N3O/c20-19(21,22)26-15-5-4-14-12-24-18(16(14)11-15)13-6-7-23-17(10-13)25-8-2-1-3-9-25/h4-7,10-11H,1-3,8-9,12H2. The minimum Gasteiger partial charge on any atom is -0.406 e. The fourth-order valence-electron chi connectivity index (χ4n) is 3.47. The van der Waals surface area contributed by atoms with Crippen LogP contribution in [0.4, 0.5) is 19.0 Å². The summed E-state index contributed by atoms with van der Waals surface area (Å²) < 4.78 is 41.6. The molecule has 4 nitrogen and oxygen atoms in total. The average molecular weight is 361 g/mol. The molecule has 0 spiro atoms. The Hall–Kier alpha value is -2.57. The third-order valence-corrected chi connectivity index (χ3v) is 4.68. The lowest BCUT2D eigenvalue weighted by molar-refractivity contribution is -0.274. The molecule has 2 aromatic rings. The van der Waals surface area contributed by atoms with Crippen LogP contribution in [0.1, 0.15) is 36.0 Å². The fraction of sp³-hybridized carbons (Fsp3) is 0.368. The highest BCUT2D eigenvalue weighted by molar-refractivity contribution is 6.15. The maximum Gasteiger partial charge on any atom is 0.573 e. The quantitative estimate of drug-likeness (QED) is 0.817. The average Bonchev–Trinajstić information content (AvgIpc) is 3.04. The third-order valence-electron chi connectivity index (χ3n) is 4.68. The number of hydrogen-bond donors (Lipinski definition) is 0. The predicted molar refractivity (Wildman–Crippen MR) is 92.8 cm³/mol. The van der Waals surface area contributed by atoms with Gasteiger partial charge in [0.1, 0.15) is 11.6 Å². The fourth-order valence-corrected chi connectivity index (χ4v) is 3.47. The van der Waals surface area contributed by atoms with Crippen molar-refractivity contribution in [1.82, 2.24) is 4.98 Å². The first-order valence-electron chi connectivity index (χ1n) is 8.64. The Bertz CT molecular complexity index is 842. The van der Waals surface area contributed by atoms with E-state index < -0.39 is 6.36 Å². The molecule has 0 saturated carbocycles. The first-order chi connectivity index (χ1) is 12.5. The van der Waals surface area contributed by atoms with E-state index in [0.29, 0.717) is 17.8 Å². The SMILES string of the molecule is FC(F)(F)Oc1ccc2c(c1)C(c1ccnc(N3CCCCC3)c1)=NC2. The maximum absolute atomic E-state index is 12.5. The van der Waals surface area contributed by atoms with Gasteiger partial charge in [-0.2, -0.15) is 0 Å². The van der Waals surface area contributed by atoms with Crippen LogP contribution in [0.15, 0.2) is 41.5 Å². The number of piperidine rings is 1. The number of alkyl halides is 3. The van der Waals surface area contributed by atoms with Crippen LogP contribution in [0.25, 0.3) is 0 Å². The molecule has 3 heterocycles. The Morgan fingerprint density at radius 2 is 1.81 bits per heavy atom. The summed E-state index contributed by atoms with van der Waals surface area (Å²) in [5, 5.41) is 0. The van der Waals surface area contributed by atoms with Gasteiger partial charge in [-0.3, -0.25) is 4.99 Å². The van der Waals surface area contributed by atoms with Crippen molar-refractivity contribution in [2.45, 2.75) is 32.2 Å². The van der Waals surface area contributed by atoms with Gasteiger partial charge < -0.3 is 9.64 Å². The van der Waals surface area contributed by atoms with E-state index in [1.165, 1.54) is 18.6 Å². The number of benzene rings is 1. The second-order valence-electron chi connectivity index (χ2n) is 6.48. The topological polar surface area (TPSA) is 37.7 Å². The molecule has 0 bridgehead atoms. The molecule has 1 fully saturated rings. The van der Waals surface area contributed by atoms with E-state index in [0.717, 1.165) is 42.9 Å². The van der Waals surface area contributed by atoms with Crippen molar-refractivity contribution in [3.05, 3.63) is 53.2 Å². The zero-order chi connectivity index (χ0) is 18.1. The van der Waals surface area contributed by atoms with Crippen LogP contribution in [0.3, 0.4) is 0 Å². The molecule has 2 aliphatic rings. The van der Waals surface area contributed by atoms with E-state index in [1.54, 1.807) is 12.3 Å². The maximum atomic E-state index is 12.5. The molecule has 0 N–H and O–H groups in total. The van der Waals surface area contributed by atoms with Gasteiger partial charge >= 0.3 is 6.36 Å². The van der Waals surface area contributed by atoms with Crippen LogP contribution < -0.4 is 9.64 Å². The van der Waals surface area contributed by atoms with E-state index in [4.69, 9.17) is 0 Å². The van der Waals surface area contributed by atoms with Crippen LogP contribution in [0, 0.1) is 0 Å². The summed E-state index contributed by atoms with van der Waals surface area (Å²) in [6.07, 6.45) is 0.554. The molecule has 7 heteroatoms. The zero-order valence-corrected chi connectivity index (χ0v) is 14.1. The Balaban J connectivity index is 1.63. The van der Waals surface area contributed by atoms with Gasteiger partial charge in [0.25, 0.3) is 0 Å². The summed E-state index contributed by atoms with van der Waals surface area (Å²) in [4.78, 5) is 11.2. The molecule has 1 aromatic heterocycles. The van der Waals surface area contributed by atoms with Crippen LogP contribution >= 0.6 is 0 Å². The number of nitrogens with zero attached hydrogens (tertiary/aromatic N) is 3. The van der Waals surface area contributed by atoms with Gasteiger partial charge in [-0.1, -0.05) is 6.07 Å². The Labute approximate surface area is 149 Å². The number of halogens is 3. The van der Waals surface area contributed by atoms with Crippen molar-refractivity contribution in [3.63, 3.8) is 0 Å². The van der Waals surface area contributed by atoms with Gasteiger partial charge in [-0.15, -0.1) is 13.2 Å².